The molecule has 0 aromatic carbocycles. The Morgan fingerprint density at radius 3 is 2.08 bits per heavy atom. The zero-order valence-corrected chi connectivity index (χ0v) is 9.52. The first kappa shape index (κ1) is 13.6. The van der Waals surface area contributed by atoms with E-state index in [1.807, 2.05) is 0 Å². The number of unbranched alkanes of at least 4 members (excludes halogenated alkanes) is 1. The Morgan fingerprint density at radius 2 is 1.62 bits per heavy atom. The number of rotatable bonds is 4. The van der Waals surface area contributed by atoms with E-state index in [1.165, 1.54) is 51.4 Å². The van der Waals surface area contributed by atoms with E-state index < -0.39 is 0 Å². The molecule has 0 unspecified atom stereocenters. The number of hydrogen-bond donors (Lipinski definition) is 0. The smallest absolute Gasteiger partial charge is 0.343 e. The fourth-order valence-corrected chi connectivity index (χ4v) is 2.30. The molecular weight excluding hydrogens is 151 g/mol. The zero-order chi connectivity index (χ0) is 8.81. The first-order chi connectivity index (χ1) is 5.86. The van der Waals surface area contributed by atoms with Gasteiger partial charge in [0.05, 0.1) is 0 Å². The Balaban J connectivity index is 0.00000144. The van der Waals surface area contributed by atoms with E-state index in [0.717, 1.165) is 11.8 Å². The molecule has 0 amide bonds. The van der Waals surface area contributed by atoms with Crippen LogP contribution in [0.25, 0.3) is 0 Å². The maximum atomic E-state index is 4.00. The fraction of sp³-hybridized carbons (Fsp3) is 0.917. The second-order valence-corrected chi connectivity index (χ2v) is 4.32. The van der Waals surface area contributed by atoms with Gasteiger partial charge in [-0.25, -0.2) is 0 Å². The van der Waals surface area contributed by atoms with Gasteiger partial charge in [-0.1, -0.05) is 57.8 Å². The molecule has 0 N–H and O–H groups in total. The second-order valence-electron chi connectivity index (χ2n) is 4.32. The third-order valence-electron chi connectivity index (χ3n) is 3.34. The van der Waals surface area contributed by atoms with Crippen molar-refractivity contribution in [1.29, 1.82) is 0 Å². The van der Waals surface area contributed by atoms with E-state index in [-0.39, 0.29) is 18.9 Å². The maximum absolute atomic E-state index is 4.00. The molecule has 0 saturated heterocycles. The van der Waals surface area contributed by atoms with E-state index in [0.29, 0.717) is 0 Å². The molecule has 0 heterocycles. The van der Waals surface area contributed by atoms with Crippen molar-refractivity contribution in [2.75, 3.05) is 0 Å². The van der Waals surface area contributed by atoms with Gasteiger partial charge in [0.15, 0.2) is 0 Å². The molecule has 0 aromatic heterocycles. The van der Waals surface area contributed by atoms with E-state index in [2.05, 4.69) is 13.8 Å². The molecule has 72 valence electrons. The van der Waals surface area contributed by atoms with Crippen LogP contribution in [-0.4, -0.2) is 0 Å². The molecule has 1 heteroatoms. The van der Waals surface area contributed by atoms with Crippen molar-refractivity contribution in [3.8, 4) is 0 Å². The molecular formula is C12H23Li. The van der Waals surface area contributed by atoms with Gasteiger partial charge in [0, 0.05) is 0 Å². The SMILES string of the molecule is [CH2-]CC1CCC(CCCC)CC1.[Li+]. The minimum atomic E-state index is 0. The van der Waals surface area contributed by atoms with Gasteiger partial charge < -0.3 is 6.92 Å². The summed E-state index contributed by atoms with van der Waals surface area (Å²) in [6, 6.07) is 0. The molecule has 0 aromatic rings. The summed E-state index contributed by atoms with van der Waals surface area (Å²) in [4.78, 5) is 0. The molecule has 0 aliphatic heterocycles. The largest absolute Gasteiger partial charge is 1.00 e. The summed E-state index contributed by atoms with van der Waals surface area (Å²) in [5.74, 6) is 2.02. The van der Waals surface area contributed by atoms with Crippen molar-refractivity contribution in [3.05, 3.63) is 6.92 Å². The van der Waals surface area contributed by atoms with Crippen LogP contribution >= 0.6 is 0 Å². The van der Waals surface area contributed by atoms with E-state index >= 15 is 0 Å². The normalized spacial score (nSPS) is 28.2. The topological polar surface area (TPSA) is 0 Å². The third kappa shape index (κ3) is 5.14. The summed E-state index contributed by atoms with van der Waals surface area (Å²) in [5, 5.41) is 0. The number of hydrogen-bond acceptors (Lipinski definition) is 0. The zero-order valence-electron chi connectivity index (χ0n) is 9.52. The standard InChI is InChI=1S/C12H23.Li/c1-3-5-6-12-9-7-11(4-2)8-10-12;/h11-12H,2-10H2,1H3;/q-1;+1. The Morgan fingerprint density at radius 1 is 1.08 bits per heavy atom. The van der Waals surface area contributed by atoms with Crippen LogP contribution in [0.15, 0.2) is 0 Å². The molecule has 1 aliphatic rings. The second kappa shape index (κ2) is 7.95. The Kier molecular flexibility index (Phi) is 8.32. The predicted octanol–water partition coefficient (Wildman–Crippen LogP) is 1.21. The summed E-state index contributed by atoms with van der Waals surface area (Å²) in [6.07, 6.45) is 11.4. The fourth-order valence-electron chi connectivity index (χ4n) is 2.30. The van der Waals surface area contributed by atoms with Crippen LogP contribution in [0.5, 0.6) is 0 Å². The first-order valence-electron chi connectivity index (χ1n) is 5.66. The van der Waals surface area contributed by atoms with Gasteiger partial charge in [0.1, 0.15) is 0 Å². The van der Waals surface area contributed by atoms with Gasteiger partial charge in [-0.2, -0.15) is 6.42 Å². The summed E-state index contributed by atoms with van der Waals surface area (Å²) in [6.45, 7) is 6.29. The van der Waals surface area contributed by atoms with Crippen LogP contribution in [0, 0.1) is 18.8 Å². The van der Waals surface area contributed by atoms with Crippen molar-refractivity contribution < 1.29 is 18.9 Å². The molecule has 0 atom stereocenters. The van der Waals surface area contributed by atoms with Crippen molar-refractivity contribution in [2.24, 2.45) is 11.8 Å². The molecule has 1 rings (SSSR count). The van der Waals surface area contributed by atoms with Gasteiger partial charge in [0.25, 0.3) is 0 Å². The average molecular weight is 174 g/mol. The van der Waals surface area contributed by atoms with Crippen LogP contribution in [0.1, 0.15) is 58.3 Å². The Bertz CT molecular complexity index is 104. The molecule has 0 spiro atoms. The average Bonchev–Trinajstić information content (AvgIpc) is 2.15. The predicted molar refractivity (Wildman–Crippen MR) is 54.9 cm³/mol. The molecule has 1 saturated carbocycles. The summed E-state index contributed by atoms with van der Waals surface area (Å²) < 4.78 is 0. The molecule has 0 radical (unpaired) electrons. The van der Waals surface area contributed by atoms with E-state index in [4.69, 9.17) is 0 Å². The Hall–Kier alpha value is 0.597. The van der Waals surface area contributed by atoms with Gasteiger partial charge in [-0.15, -0.1) is 0 Å². The van der Waals surface area contributed by atoms with Crippen molar-refractivity contribution in [1.82, 2.24) is 0 Å². The van der Waals surface area contributed by atoms with Crippen LogP contribution in [0.2, 0.25) is 0 Å². The van der Waals surface area contributed by atoms with Crippen molar-refractivity contribution in [3.63, 3.8) is 0 Å². The minimum Gasteiger partial charge on any atom is -0.343 e. The molecule has 1 aliphatic carbocycles. The van der Waals surface area contributed by atoms with E-state index in [9.17, 15) is 0 Å². The summed E-state index contributed by atoms with van der Waals surface area (Å²) in [7, 11) is 0. The van der Waals surface area contributed by atoms with Gasteiger partial charge in [0.2, 0.25) is 0 Å². The van der Waals surface area contributed by atoms with Crippen LogP contribution in [-0.2, 0) is 0 Å². The Labute approximate surface area is 96.0 Å². The van der Waals surface area contributed by atoms with Crippen LogP contribution in [0.4, 0.5) is 0 Å². The first-order valence-corrected chi connectivity index (χ1v) is 5.66. The molecule has 1 fully saturated rings. The summed E-state index contributed by atoms with van der Waals surface area (Å²) in [5.41, 5.74) is 0. The minimum absolute atomic E-state index is 0. The molecule has 0 bridgehead atoms. The van der Waals surface area contributed by atoms with Gasteiger partial charge in [-0.3, -0.25) is 0 Å². The quantitative estimate of drug-likeness (QED) is 0.444. The van der Waals surface area contributed by atoms with Crippen molar-refractivity contribution in [2.45, 2.75) is 58.3 Å². The van der Waals surface area contributed by atoms with Crippen molar-refractivity contribution >= 4 is 0 Å². The molecule has 0 nitrogen and oxygen atoms in total. The summed E-state index contributed by atoms with van der Waals surface area (Å²) >= 11 is 0. The van der Waals surface area contributed by atoms with Crippen LogP contribution < -0.4 is 18.9 Å². The van der Waals surface area contributed by atoms with E-state index in [1.54, 1.807) is 0 Å². The third-order valence-corrected chi connectivity index (χ3v) is 3.34. The van der Waals surface area contributed by atoms with Gasteiger partial charge in [-0.05, 0) is 5.92 Å². The molecule has 13 heavy (non-hydrogen) atoms. The van der Waals surface area contributed by atoms with Gasteiger partial charge >= 0.3 is 18.9 Å². The maximum Gasteiger partial charge on any atom is 1.00 e. The monoisotopic (exact) mass is 174 g/mol. The van der Waals surface area contributed by atoms with Crippen LogP contribution in [0.3, 0.4) is 0 Å².